The Morgan fingerprint density at radius 1 is 0.388 bits per heavy atom. The van der Waals surface area contributed by atoms with Gasteiger partial charge in [0.05, 0.1) is 27.7 Å². The van der Waals surface area contributed by atoms with Gasteiger partial charge in [0, 0.05) is 12.8 Å². The molecule has 0 fully saturated rings. The number of allylic oxidation sites excluding steroid dienone is 8. The van der Waals surface area contributed by atoms with Crippen LogP contribution in [-0.2, 0) is 32.7 Å². The smallest absolute Gasteiger partial charge is 0.306 e. The van der Waals surface area contributed by atoms with Crippen LogP contribution in [0.25, 0.3) is 0 Å². The molecule has 2 atom stereocenters. The van der Waals surface area contributed by atoms with E-state index in [1.165, 1.54) is 250 Å². The van der Waals surface area contributed by atoms with Crippen LogP contribution in [0.4, 0.5) is 0 Å². The van der Waals surface area contributed by atoms with Crippen molar-refractivity contribution in [3.05, 3.63) is 48.6 Å². The van der Waals surface area contributed by atoms with E-state index in [2.05, 4.69) is 62.5 Å². The second kappa shape index (κ2) is 61.5. The van der Waals surface area contributed by atoms with Crippen LogP contribution in [0.15, 0.2) is 48.6 Å². The molecule has 470 valence electrons. The zero-order valence-corrected chi connectivity index (χ0v) is 54.4. The lowest BCUT2D eigenvalue weighted by atomic mass is 10.0. The fraction of sp³-hybridized carbons (Fsp3) is 0.857. The first-order valence-corrected chi connectivity index (χ1v) is 35.8. The van der Waals surface area contributed by atoms with Crippen molar-refractivity contribution in [3.8, 4) is 0 Å². The molecule has 0 aliphatic heterocycles. The van der Waals surface area contributed by atoms with Gasteiger partial charge in [-0.05, 0) is 77.0 Å². The number of rotatable bonds is 64. The van der Waals surface area contributed by atoms with Crippen LogP contribution in [-0.4, -0.2) is 70.0 Å². The zero-order chi connectivity index (χ0) is 58.4. The Hall–Kier alpha value is -2.03. The predicted octanol–water partition coefficient (Wildman–Crippen LogP) is 21.4. The molecule has 0 spiro atoms. The normalized spacial score (nSPS) is 13.4. The third-order valence-corrected chi connectivity index (χ3v) is 16.3. The molecule has 0 N–H and O–H groups in total. The van der Waals surface area contributed by atoms with Crippen LogP contribution in [0.1, 0.15) is 335 Å². The van der Waals surface area contributed by atoms with Gasteiger partial charge < -0.3 is 27.9 Å². The van der Waals surface area contributed by atoms with Gasteiger partial charge in [-0.2, -0.15) is 0 Å². The van der Waals surface area contributed by atoms with Crippen LogP contribution < -0.4 is 4.89 Å². The van der Waals surface area contributed by atoms with Gasteiger partial charge in [-0.25, -0.2) is 0 Å². The zero-order valence-electron chi connectivity index (χ0n) is 53.5. The second-order valence-corrected chi connectivity index (χ2v) is 25.9. The molecule has 0 aromatic heterocycles. The minimum atomic E-state index is -4.64. The lowest BCUT2D eigenvalue weighted by Gasteiger charge is -2.28. The van der Waals surface area contributed by atoms with E-state index in [1.807, 2.05) is 21.1 Å². The van der Waals surface area contributed by atoms with Crippen molar-refractivity contribution in [3.63, 3.8) is 0 Å². The summed E-state index contributed by atoms with van der Waals surface area (Å²) in [5, 5.41) is 0. The lowest BCUT2D eigenvalue weighted by Crippen LogP contribution is -2.37. The average molecular weight is 1150 g/mol. The lowest BCUT2D eigenvalue weighted by molar-refractivity contribution is -0.870. The molecule has 0 aromatic carbocycles. The first-order valence-electron chi connectivity index (χ1n) is 34.3. The molecule has 0 rings (SSSR count). The maximum Gasteiger partial charge on any atom is 0.306 e. The number of carbonyl (C=O) groups excluding carboxylic acids is 2. The first kappa shape index (κ1) is 78.0. The van der Waals surface area contributed by atoms with Crippen molar-refractivity contribution in [2.24, 2.45) is 0 Å². The SMILES string of the molecule is CCCCCCC/C=C\C/C=C\C/C=C\CCCCCCCCCCCCCCCCC(=O)OC(COC(=O)CCCCCCCCCCCCCCCCC/C=C\CCCCCCCCCC)COP(=O)([O-])OCC[N+](C)(C)C. The number of unbranched alkanes of at least 4 members (excludes halogenated alkanes) is 42. The molecule has 0 aromatic rings. The highest BCUT2D eigenvalue weighted by Crippen LogP contribution is 2.38. The average Bonchev–Trinajstić information content (AvgIpc) is 3.42. The maximum absolute atomic E-state index is 12.9. The molecule has 0 saturated heterocycles. The number of phosphoric acid groups is 1. The third-order valence-electron chi connectivity index (χ3n) is 15.3. The Kier molecular flexibility index (Phi) is 60.0. The van der Waals surface area contributed by atoms with E-state index in [4.69, 9.17) is 18.5 Å². The number of phosphoric ester groups is 1. The molecule has 10 heteroatoms. The predicted molar refractivity (Wildman–Crippen MR) is 342 cm³/mol. The first-order chi connectivity index (χ1) is 39.0. The highest BCUT2D eigenvalue weighted by molar-refractivity contribution is 7.45. The summed E-state index contributed by atoms with van der Waals surface area (Å²) >= 11 is 0. The molecule has 0 radical (unpaired) electrons. The number of nitrogens with zero attached hydrogens (tertiary/aromatic N) is 1. The van der Waals surface area contributed by atoms with Crippen molar-refractivity contribution in [1.82, 2.24) is 0 Å². The third kappa shape index (κ3) is 65.1. The van der Waals surface area contributed by atoms with Gasteiger partial charge in [-0.1, -0.05) is 294 Å². The van der Waals surface area contributed by atoms with Gasteiger partial charge in [0.15, 0.2) is 6.10 Å². The Labute approximate surface area is 496 Å². The fourth-order valence-corrected chi connectivity index (χ4v) is 10.7. The van der Waals surface area contributed by atoms with E-state index in [1.54, 1.807) is 0 Å². The Morgan fingerprint density at radius 3 is 1.01 bits per heavy atom. The monoisotopic (exact) mass is 1150 g/mol. The van der Waals surface area contributed by atoms with Gasteiger partial charge in [0.2, 0.25) is 0 Å². The molecule has 0 saturated carbocycles. The number of quaternary nitrogens is 1. The van der Waals surface area contributed by atoms with E-state index < -0.39 is 26.5 Å². The second-order valence-electron chi connectivity index (χ2n) is 24.5. The number of esters is 2. The Balaban J connectivity index is 4.04. The van der Waals surface area contributed by atoms with E-state index in [9.17, 15) is 19.0 Å². The molecule has 0 amide bonds. The molecule has 0 heterocycles. The molecule has 0 aliphatic rings. The summed E-state index contributed by atoms with van der Waals surface area (Å²) in [5.41, 5.74) is 0. The number of carbonyl (C=O) groups is 2. The minimum absolute atomic E-state index is 0.0299. The summed E-state index contributed by atoms with van der Waals surface area (Å²) < 4.78 is 34.3. The highest BCUT2D eigenvalue weighted by atomic mass is 31.2. The van der Waals surface area contributed by atoms with Crippen molar-refractivity contribution >= 4 is 19.8 Å². The minimum Gasteiger partial charge on any atom is -0.756 e. The number of hydrogen-bond acceptors (Lipinski definition) is 8. The standard InChI is InChI=1S/C70H132NO8P/c1-6-8-10-12-14-16-18-20-22-24-26-28-30-32-34-35-37-39-41-43-45-47-49-51-53-55-57-59-61-63-70(73)79-68(67-78-80(74,75)77-65-64-71(3,4)5)66-76-69(72)62-60-58-56-54-52-50-48-46-44-42-40-38-36-33-31-29-27-25-23-21-19-17-15-13-11-9-7-2/h18,20,24-27,30,32,68H,6-17,19,21-23,28-29,31,33-67H2,1-5H3/b20-18-,26-24-,27-25-,32-30-. The van der Waals surface area contributed by atoms with Crippen LogP contribution in [0.5, 0.6) is 0 Å². The van der Waals surface area contributed by atoms with Gasteiger partial charge in [0.25, 0.3) is 7.82 Å². The Morgan fingerprint density at radius 2 is 0.675 bits per heavy atom. The van der Waals surface area contributed by atoms with Crippen molar-refractivity contribution in [2.45, 2.75) is 341 Å². The summed E-state index contributed by atoms with van der Waals surface area (Å²) in [7, 11) is 1.18. The summed E-state index contributed by atoms with van der Waals surface area (Å²) in [6.45, 7) is 4.28. The molecular weight excluding hydrogens is 1010 g/mol. The van der Waals surface area contributed by atoms with Crippen molar-refractivity contribution in [2.75, 3.05) is 47.5 Å². The van der Waals surface area contributed by atoms with Crippen molar-refractivity contribution in [1.29, 1.82) is 0 Å². The van der Waals surface area contributed by atoms with E-state index in [-0.39, 0.29) is 32.0 Å². The molecule has 9 nitrogen and oxygen atoms in total. The summed E-state index contributed by atoms with van der Waals surface area (Å²) in [4.78, 5) is 38.0. The fourth-order valence-electron chi connectivity index (χ4n) is 10.0. The van der Waals surface area contributed by atoms with Gasteiger partial charge in [0.1, 0.15) is 19.8 Å². The number of ether oxygens (including phenoxy) is 2. The van der Waals surface area contributed by atoms with E-state index >= 15 is 0 Å². The largest absolute Gasteiger partial charge is 0.756 e. The Bertz CT molecular complexity index is 1490. The summed E-state index contributed by atoms with van der Waals surface area (Å²) in [6.07, 6.45) is 79.0. The molecular formula is C70H132NO8P. The summed E-state index contributed by atoms with van der Waals surface area (Å²) in [6, 6.07) is 0. The summed E-state index contributed by atoms with van der Waals surface area (Å²) in [5.74, 6) is -0.818. The van der Waals surface area contributed by atoms with Crippen LogP contribution in [0.3, 0.4) is 0 Å². The topological polar surface area (TPSA) is 111 Å². The van der Waals surface area contributed by atoms with Gasteiger partial charge in [-0.3, -0.25) is 14.2 Å². The quantitative estimate of drug-likeness (QED) is 0.0195. The van der Waals surface area contributed by atoms with E-state index in [0.717, 1.165) is 51.4 Å². The molecule has 2 unspecified atom stereocenters. The number of likely N-dealkylation sites (N-methyl/N-ethyl adjacent to an activating group) is 1. The van der Waals surface area contributed by atoms with Gasteiger partial charge >= 0.3 is 11.9 Å². The molecule has 0 bridgehead atoms. The maximum atomic E-state index is 12.9. The van der Waals surface area contributed by atoms with E-state index in [0.29, 0.717) is 17.4 Å². The molecule has 80 heavy (non-hydrogen) atoms. The molecule has 0 aliphatic carbocycles. The van der Waals surface area contributed by atoms with Gasteiger partial charge in [-0.15, -0.1) is 0 Å². The van der Waals surface area contributed by atoms with Crippen LogP contribution in [0.2, 0.25) is 0 Å². The highest BCUT2D eigenvalue weighted by Gasteiger charge is 2.22. The van der Waals surface area contributed by atoms with Crippen LogP contribution >= 0.6 is 7.82 Å². The van der Waals surface area contributed by atoms with Crippen LogP contribution in [0, 0.1) is 0 Å². The number of hydrogen-bond donors (Lipinski definition) is 0. The van der Waals surface area contributed by atoms with Crippen molar-refractivity contribution < 1.29 is 42.1 Å².